The van der Waals surface area contributed by atoms with E-state index in [1.807, 2.05) is 18.5 Å². The van der Waals surface area contributed by atoms with Crippen LogP contribution in [0.5, 0.6) is 0 Å². The molecule has 4 nitrogen and oxygen atoms in total. The van der Waals surface area contributed by atoms with E-state index >= 15 is 0 Å². The summed E-state index contributed by atoms with van der Waals surface area (Å²) in [6.45, 7) is 7.54. The molecule has 0 saturated carbocycles. The van der Waals surface area contributed by atoms with Crippen LogP contribution in [0.25, 0.3) is 0 Å². The molecular formula is C20H22Cl2N4. The average molecular weight is 389 g/mol. The van der Waals surface area contributed by atoms with Crippen molar-refractivity contribution in [3.05, 3.63) is 64.3 Å². The highest BCUT2D eigenvalue weighted by atomic mass is 35.5. The smallest absolute Gasteiger partial charge is 0.222 e. The molecule has 4 rings (SSSR count). The predicted molar refractivity (Wildman–Crippen MR) is 107 cm³/mol. The number of nitrogens with one attached hydrogen (secondary N) is 1. The lowest BCUT2D eigenvalue weighted by molar-refractivity contribution is 0.179. The van der Waals surface area contributed by atoms with Gasteiger partial charge >= 0.3 is 0 Å². The van der Waals surface area contributed by atoms with Gasteiger partial charge in [-0.3, -0.25) is 0 Å². The van der Waals surface area contributed by atoms with Crippen LogP contribution in [0.2, 0.25) is 10.3 Å². The van der Waals surface area contributed by atoms with Crippen molar-refractivity contribution < 1.29 is 0 Å². The highest BCUT2D eigenvalue weighted by Crippen LogP contribution is 2.50. The van der Waals surface area contributed by atoms with Crippen LogP contribution in [0.3, 0.4) is 0 Å². The molecule has 2 aliphatic rings. The number of anilines is 1. The zero-order chi connectivity index (χ0) is 18.1. The SMILES string of the molecule is C=C1Nc2ccc(Cl)cc2C12CCN(CCCc1cnc(Cl)nc1)CC2. The van der Waals surface area contributed by atoms with E-state index in [2.05, 4.69) is 38.9 Å². The van der Waals surface area contributed by atoms with Gasteiger partial charge in [-0.2, -0.15) is 0 Å². The third-order valence-corrected chi connectivity index (χ3v) is 6.11. The molecule has 1 N–H and O–H groups in total. The van der Waals surface area contributed by atoms with E-state index in [0.29, 0.717) is 5.28 Å². The number of allylic oxidation sites excluding steroid dienone is 1. The van der Waals surface area contributed by atoms with Crippen LogP contribution in [-0.2, 0) is 11.8 Å². The Morgan fingerprint density at radius 2 is 1.88 bits per heavy atom. The number of halogens is 2. The summed E-state index contributed by atoms with van der Waals surface area (Å²) in [4.78, 5) is 10.6. The summed E-state index contributed by atoms with van der Waals surface area (Å²) in [5.41, 5.74) is 4.76. The number of hydrogen-bond acceptors (Lipinski definition) is 4. The van der Waals surface area contributed by atoms with Crippen molar-refractivity contribution >= 4 is 28.9 Å². The summed E-state index contributed by atoms with van der Waals surface area (Å²) in [6, 6.07) is 6.12. The first kappa shape index (κ1) is 17.8. The van der Waals surface area contributed by atoms with E-state index in [0.717, 1.165) is 67.3 Å². The van der Waals surface area contributed by atoms with Gasteiger partial charge in [-0.05, 0) is 86.2 Å². The summed E-state index contributed by atoms with van der Waals surface area (Å²) in [5, 5.41) is 4.58. The molecule has 136 valence electrons. The van der Waals surface area contributed by atoms with Gasteiger partial charge in [0.25, 0.3) is 0 Å². The fourth-order valence-corrected chi connectivity index (χ4v) is 4.44. The largest absolute Gasteiger partial charge is 0.358 e. The van der Waals surface area contributed by atoms with E-state index in [1.54, 1.807) is 0 Å². The Kier molecular flexibility index (Phi) is 4.91. The fraction of sp³-hybridized carbons (Fsp3) is 0.400. The first-order valence-electron chi connectivity index (χ1n) is 9.02. The molecule has 3 heterocycles. The quantitative estimate of drug-likeness (QED) is 0.771. The van der Waals surface area contributed by atoms with E-state index in [9.17, 15) is 0 Å². The minimum atomic E-state index is 0.0285. The van der Waals surface area contributed by atoms with Crippen LogP contribution >= 0.6 is 23.2 Å². The molecule has 6 heteroatoms. The summed E-state index contributed by atoms with van der Waals surface area (Å²) >= 11 is 12.0. The van der Waals surface area contributed by atoms with Gasteiger partial charge in [-0.1, -0.05) is 18.2 Å². The Morgan fingerprint density at radius 3 is 2.62 bits per heavy atom. The molecular weight excluding hydrogens is 367 g/mol. The van der Waals surface area contributed by atoms with Crippen LogP contribution in [0.1, 0.15) is 30.4 Å². The number of fused-ring (bicyclic) bond motifs is 2. The molecule has 0 radical (unpaired) electrons. The number of hydrogen-bond donors (Lipinski definition) is 1. The van der Waals surface area contributed by atoms with E-state index in [-0.39, 0.29) is 5.41 Å². The number of aromatic nitrogens is 2. The molecule has 0 aliphatic carbocycles. The highest BCUT2D eigenvalue weighted by molar-refractivity contribution is 6.30. The number of likely N-dealkylation sites (tertiary alicyclic amines) is 1. The third-order valence-electron chi connectivity index (χ3n) is 5.68. The second-order valence-corrected chi connectivity index (χ2v) is 7.96. The first-order chi connectivity index (χ1) is 12.6. The van der Waals surface area contributed by atoms with Crippen molar-refractivity contribution in [2.75, 3.05) is 25.0 Å². The average Bonchev–Trinajstić information content (AvgIpc) is 2.90. The van der Waals surface area contributed by atoms with Crippen molar-refractivity contribution in [2.45, 2.75) is 31.1 Å². The molecule has 1 aromatic carbocycles. The molecule has 0 bridgehead atoms. The fourth-order valence-electron chi connectivity index (χ4n) is 4.17. The van der Waals surface area contributed by atoms with E-state index in [1.165, 1.54) is 5.56 Å². The number of nitrogens with zero attached hydrogens (tertiary/aromatic N) is 3. The zero-order valence-corrected chi connectivity index (χ0v) is 16.2. The van der Waals surface area contributed by atoms with Crippen molar-refractivity contribution in [3.63, 3.8) is 0 Å². The lowest BCUT2D eigenvalue weighted by Crippen LogP contribution is -2.43. The Morgan fingerprint density at radius 1 is 1.15 bits per heavy atom. The summed E-state index contributed by atoms with van der Waals surface area (Å²) < 4.78 is 0. The highest BCUT2D eigenvalue weighted by Gasteiger charge is 2.44. The van der Waals surface area contributed by atoms with Crippen molar-refractivity contribution in [1.82, 2.24) is 14.9 Å². The number of aryl methyl sites for hydroxylation is 1. The molecule has 0 amide bonds. The number of piperidine rings is 1. The Bertz CT molecular complexity index is 811. The molecule has 1 saturated heterocycles. The Balaban J connectivity index is 1.35. The van der Waals surface area contributed by atoms with Gasteiger partial charge in [0.2, 0.25) is 5.28 Å². The van der Waals surface area contributed by atoms with Crippen LogP contribution < -0.4 is 5.32 Å². The van der Waals surface area contributed by atoms with Crippen LogP contribution in [0.15, 0.2) is 42.9 Å². The van der Waals surface area contributed by atoms with Crippen molar-refractivity contribution in [2.24, 2.45) is 0 Å². The molecule has 1 aromatic heterocycles. The molecule has 2 aliphatic heterocycles. The van der Waals surface area contributed by atoms with E-state index < -0.39 is 0 Å². The molecule has 1 fully saturated rings. The Hall–Kier alpha value is -1.62. The number of benzene rings is 1. The topological polar surface area (TPSA) is 41.0 Å². The van der Waals surface area contributed by atoms with Crippen molar-refractivity contribution in [1.29, 1.82) is 0 Å². The van der Waals surface area contributed by atoms with Crippen LogP contribution in [0, 0.1) is 0 Å². The monoisotopic (exact) mass is 388 g/mol. The van der Waals surface area contributed by atoms with Crippen molar-refractivity contribution in [3.8, 4) is 0 Å². The summed E-state index contributed by atoms with van der Waals surface area (Å²) in [7, 11) is 0. The predicted octanol–water partition coefficient (Wildman–Crippen LogP) is 4.69. The first-order valence-corrected chi connectivity index (χ1v) is 9.78. The van der Waals surface area contributed by atoms with E-state index in [4.69, 9.17) is 23.2 Å². The second-order valence-electron chi connectivity index (χ2n) is 7.18. The maximum atomic E-state index is 6.25. The summed E-state index contributed by atoms with van der Waals surface area (Å²) in [5.74, 6) is 0. The second kappa shape index (κ2) is 7.18. The minimum absolute atomic E-state index is 0.0285. The minimum Gasteiger partial charge on any atom is -0.358 e. The van der Waals surface area contributed by atoms with Gasteiger partial charge < -0.3 is 10.2 Å². The maximum Gasteiger partial charge on any atom is 0.222 e. The van der Waals surface area contributed by atoms with Gasteiger partial charge in [-0.25, -0.2) is 9.97 Å². The molecule has 0 unspecified atom stereocenters. The summed E-state index contributed by atoms with van der Waals surface area (Å²) in [6.07, 6.45) is 7.86. The van der Waals surface area contributed by atoms with Crippen LogP contribution in [0.4, 0.5) is 5.69 Å². The van der Waals surface area contributed by atoms with Crippen LogP contribution in [-0.4, -0.2) is 34.5 Å². The zero-order valence-electron chi connectivity index (χ0n) is 14.6. The Labute approximate surface area is 164 Å². The molecule has 26 heavy (non-hydrogen) atoms. The van der Waals surface area contributed by atoms with Gasteiger partial charge in [0.05, 0.1) is 0 Å². The maximum absolute atomic E-state index is 6.25. The van der Waals surface area contributed by atoms with Gasteiger partial charge in [-0.15, -0.1) is 0 Å². The molecule has 0 atom stereocenters. The third kappa shape index (κ3) is 3.34. The lowest BCUT2D eigenvalue weighted by atomic mass is 9.72. The standard InChI is InChI=1S/C20H22Cl2N4/c1-14-20(17-11-16(21)4-5-18(17)25-14)6-9-26(10-7-20)8-2-3-15-12-23-19(22)24-13-15/h4-5,11-13,25H,1-3,6-10H2. The van der Waals surface area contributed by atoms with Gasteiger partial charge in [0.15, 0.2) is 0 Å². The normalized spacial score (nSPS) is 18.8. The molecule has 2 aromatic rings. The van der Waals surface area contributed by atoms with Gasteiger partial charge in [0.1, 0.15) is 0 Å². The van der Waals surface area contributed by atoms with Gasteiger partial charge in [0, 0.05) is 34.2 Å². The molecule has 1 spiro atoms. The number of rotatable bonds is 4. The lowest BCUT2D eigenvalue weighted by Gasteiger charge is -2.40.